The van der Waals surface area contributed by atoms with Gasteiger partial charge in [0, 0.05) is 18.8 Å². The Bertz CT molecular complexity index is 462. The third kappa shape index (κ3) is 3.48. The molecule has 1 aromatic rings. The molecule has 1 aliphatic rings. The Morgan fingerprint density at radius 1 is 1.50 bits per heavy atom. The maximum Gasteiger partial charge on any atom is 0.257 e. The van der Waals surface area contributed by atoms with Crippen LogP contribution in [0.5, 0.6) is 5.75 Å². The van der Waals surface area contributed by atoms with Crippen LogP contribution < -0.4 is 0 Å². The number of nitrogens with zero attached hydrogens (tertiary/aromatic N) is 2. The van der Waals surface area contributed by atoms with E-state index in [0.717, 1.165) is 25.7 Å². The van der Waals surface area contributed by atoms with Crippen LogP contribution in [0.2, 0.25) is 0 Å². The standard InChI is InChI=1S/C15H22N2O3/c1-11(18)9-12-5-3-2-4-8-17(12)15(20)13-6-7-16-10-14(13)19/h6-7,10-12,18-19H,2-5,8-9H2,1H3. The molecule has 0 aromatic carbocycles. The van der Waals surface area contributed by atoms with E-state index in [2.05, 4.69) is 4.98 Å². The van der Waals surface area contributed by atoms with Crippen molar-refractivity contribution in [2.45, 2.75) is 51.2 Å². The summed E-state index contributed by atoms with van der Waals surface area (Å²) in [7, 11) is 0. The summed E-state index contributed by atoms with van der Waals surface area (Å²) in [5.41, 5.74) is 0.289. The van der Waals surface area contributed by atoms with Gasteiger partial charge in [-0.15, -0.1) is 0 Å². The minimum absolute atomic E-state index is 0.0394. The van der Waals surface area contributed by atoms with E-state index < -0.39 is 6.10 Å². The van der Waals surface area contributed by atoms with Crippen molar-refractivity contribution in [3.63, 3.8) is 0 Å². The lowest BCUT2D eigenvalue weighted by molar-refractivity contribution is 0.0604. The summed E-state index contributed by atoms with van der Waals surface area (Å²) in [6.45, 7) is 2.43. The quantitative estimate of drug-likeness (QED) is 0.886. The van der Waals surface area contributed by atoms with Crippen LogP contribution in [0, 0.1) is 0 Å². The van der Waals surface area contributed by atoms with Gasteiger partial charge in [-0.05, 0) is 32.3 Å². The number of pyridine rings is 1. The highest BCUT2D eigenvalue weighted by molar-refractivity contribution is 5.96. The van der Waals surface area contributed by atoms with Gasteiger partial charge >= 0.3 is 0 Å². The topological polar surface area (TPSA) is 73.7 Å². The van der Waals surface area contributed by atoms with Crippen molar-refractivity contribution in [2.75, 3.05) is 6.54 Å². The van der Waals surface area contributed by atoms with Gasteiger partial charge in [-0.3, -0.25) is 9.78 Å². The average Bonchev–Trinajstić information content (AvgIpc) is 2.63. The van der Waals surface area contributed by atoms with Gasteiger partial charge in [0.25, 0.3) is 5.91 Å². The third-order valence-corrected chi connectivity index (χ3v) is 3.78. The van der Waals surface area contributed by atoms with E-state index in [1.165, 1.54) is 12.4 Å². The summed E-state index contributed by atoms with van der Waals surface area (Å²) in [5.74, 6) is -0.255. The Balaban J connectivity index is 2.21. The van der Waals surface area contributed by atoms with Crippen LogP contribution >= 0.6 is 0 Å². The van der Waals surface area contributed by atoms with Crippen molar-refractivity contribution in [1.29, 1.82) is 0 Å². The summed E-state index contributed by atoms with van der Waals surface area (Å²) in [4.78, 5) is 18.2. The van der Waals surface area contributed by atoms with Gasteiger partial charge < -0.3 is 15.1 Å². The number of likely N-dealkylation sites (tertiary alicyclic amines) is 1. The minimum atomic E-state index is -0.431. The van der Waals surface area contributed by atoms with Crippen molar-refractivity contribution in [1.82, 2.24) is 9.88 Å². The molecule has 2 rings (SSSR count). The van der Waals surface area contributed by atoms with Gasteiger partial charge in [-0.2, -0.15) is 0 Å². The normalized spacial score (nSPS) is 21.3. The second-order valence-electron chi connectivity index (χ2n) is 5.48. The molecule has 2 heterocycles. The number of aromatic nitrogens is 1. The van der Waals surface area contributed by atoms with Crippen molar-refractivity contribution in [3.8, 4) is 5.75 Å². The minimum Gasteiger partial charge on any atom is -0.505 e. The van der Waals surface area contributed by atoms with Crippen LogP contribution in [-0.4, -0.2) is 44.7 Å². The van der Waals surface area contributed by atoms with Gasteiger partial charge in [0.15, 0.2) is 0 Å². The molecule has 5 nitrogen and oxygen atoms in total. The van der Waals surface area contributed by atoms with Crippen LogP contribution in [0.25, 0.3) is 0 Å². The number of aliphatic hydroxyl groups is 1. The molecule has 1 saturated heterocycles. The fourth-order valence-electron chi connectivity index (χ4n) is 2.81. The molecule has 1 aromatic heterocycles. The Labute approximate surface area is 119 Å². The molecule has 2 N–H and O–H groups in total. The van der Waals surface area contributed by atoms with E-state index >= 15 is 0 Å². The Morgan fingerprint density at radius 3 is 3.00 bits per heavy atom. The maximum atomic E-state index is 12.6. The third-order valence-electron chi connectivity index (χ3n) is 3.78. The Morgan fingerprint density at radius 2 is 2.30 bits per heavy atom. The van der Waals surface area contributed by atoms with Crippen LogP contribution in [0.4, 0.5) is 0 Å². The number of carbonyl (C=O) groups excluding carboxylic acids is 1. The fourth-order valence-corrected chi connectivity index (χ4v) is 2.81. The summed E-state index contributed by atoms with van der Waals surface area (Å²) >= 11 is 0. The van der Waals surface area contributed by atoms with Gasteiger partial charge in [0.05, 0.1) is 17.9 Å². The summed E-state index contributed by atoms with van der Waals surface area (Å²) < 4.78 is 0. The molecule has 20 heavy (non-hydrogen) atoms. The molecule has 1 amide bonds. The van der Waals surface area contributed by atoms with Crippen molar-refractivity contribution < 1.29 is 15.0 Å². The first-order valence-corrected chi connectivity index (χ1v) is 7.21. The van der Waals surface area contributed by atoms with Gasteiger partial charge in [-0.25, -0.2) is 0 Å². The number of rotatable bonds is 3. The fraction of sp³-hybridized carbons (Fsp3) is 0.600. The van der Waals surface area contributed by atoms with Crippen LogP contribution in [-0.2, 0) is 0 Å². The van der Waals surface area contributed by atoms with E-state index in [0.29, 0.717) is 13.0 Å². The number of carbonyl (C=O) groups is 1. The smallest absolute Gasteiger partial charge is 0.257 e. The SMILES string of the molecule is CC(O)CC1CCCCCN1C(=O)c1ccncc1O. The van der Waals surface area contributed by atoms with Crippen molar-refractivity contribution in [3.05, 3.63) is 24.0 Å². The van der Waals surface area contributed by atoms with Gasteiger partial charge in [-0.1, -0.05) is 12.8 Å². The first kappa shape index (κ1) is 14.8. The summed E-state index contributed by atoms with van der Waals surface area (Å²) in [6.07, 6.45) is 6.99. The zero-order valence-corrected chi connectivity index (χ0v) is 11.8. The number of amides is 1. The molecular weight excluding hydrogens is 256 g/mol. The summed E-state index contributed by atoms with van der Waals surface area (Å²) in [5, 5.41) is 19.4. The monoisotopic (exact) mass is 278 g/mol. The largest absolute Gasteiger partial charge is 0.505 e. The van der Waals surface area contributed by atoms with Crippen LogP contribution in [0.15, 0.2) is 18.5 Å². The highest BCUT2D eigenvalue weighted by Gasteiger charge is 2.28. The van der Waals surface area contributed by atoms with E-state index in [4.69, 9.17) is 0 Å². The number of aliphatic hydroxyl groups excluding tert-OH is 1. The Hall–Kier alpha value is -1.62. The Kier molecular flexibility index (Phi) is 4.95. The first-order chi connectivity index (χ1) is 9.59. The molecule has 2 atom stereocenters. The lowest BCUT2D eigenvalue weighted by Crippen LogP contribution is -2.41. The highest BCUT2D eigenvalue weighted by Crippen LogP contribution is 2.25. The molecule has 2 unspecified atom stereocenters. The van der Waals surface area contributed by atoms with Gasteiger partial charge in [0.2, 0.25) is 0 Å². The molecule has 0 bridgehead atoms. The molecule has 110 valence electrons. The molecule has 5 heteroatoms. The molecule has 1 fully saturated rings. The molecular formula is C15H22N2O3. The summed E-state index contributed by atoms with van der Waals surface area (Å²) in [6, 6.07) is 1.58. The van der Waals surface area contributed by atoms with E-state index in [-0.39, 0.29) is 23.3 Å². The number of hydrogen-bond acceptors (Lipinski definition) is 4. The zero-order chi connectivity index (χ0) is 14.5. The van der Waals surface area contributed by atoms with E-state index in [1.54, 1.807) is 17.9 Å². The average molecular weight is 278 g/mol. The molecule has 0 saturated carbocycles. The zero-order valence-electron chi connectivity index (χ0n) is 11.8. The van der Waals surface area contributed by atoms with Crippen LogP contribution in [0.1, 0.15) is 49.4 Å². The predicted molar refractivity (Wildman–Crippen MR) is 75.5 cm³/mol. The lowest BCUT2D eigenvalue weighted by atomic mass is 10.0. The second kappa shape index (κ2) is 6.70. The van der Waals surface area contributed by atoms with Gasteiger partial charge in [0.1, 0.15) is 5.75 Å². The molecule has 0 spiro atoms. The van der Waals surface area contributed by atoms with E-state index in [1.807, 2.05) is 0 Å². The molecule has 1 aliphatic heterocycles. The number of aromatic hydroxyl groups is 1. The lowest BCUT2D eigenvalue weighted by Gasteiger charge is -2.31. The van der Waals surface area contributed by atoms with Crippen LogP contribution in [0.3, 0.4) is 0 Å². The highest BCUT2D eigenvalue weighted by atomic mass is 16.3. The second-order valence-corrected chi connectivity index (χ2v) is 5.48. The van der Waals surface area contributed by atoms with Crippen molar-refractivity contribution >= 4 is 5.91 Å². The maximum absolute atomic E-state index is 12.6. The number of hydrogen-bond donors (Lipinski definition) is 2. The molecule has 0 radical (unpaired) electrons. The predicted octanol–water partition coefficient (Wildman–Crippen LogP) is 1.94. The van der Waals surface area contributed by atoms with E-state index in [9.17, 15) is 15.0 Å². The molecule has 0 aliphatic carbocycles. The first-order valence-electron chi connectivity index (χ1n) is 7.21. The van der Waals surface area contributed by atoms with Crippen molar-refractivity contribution in [2.24, 2.45) is 0 Å².